The lowest BCUT2D eigenvalue weighted by molar-refractivity contribution is -0.133. The van der Waals surface area contributed by atoms with Crippen molar-refractivity contribution < 1.29 is 4.79 Å². The molecule has 20 heavy (non-hydrogen) atoms. The number of aromatic nitrogens is 1. The van der Waals surface area contributed by atoms with Crippen LogP contribution < -0.4 is 5.73 Å². The maximum absolute atomic E-state index is 11.9. The van der Waals surface area contributed by atoms with Crippen LogP contribution in [0.5, 0.6) is 0 Å². The van der Waals surface area contributed by atoms with Crippen molar-refractivity contribution in [2.45, 2.75) is 31.7 Å². The number of carbonyl (C=O) groups is 1. The minimum absolute atomic E-state index is 0.0627. The van der Waals surface area contributed by atoms with Crippen molar-refractivity contribution in [2.24, 2.45) is 5.73 Å². The number of nitrogens with two attached hydrogens (primary N) is 1. The maximum Gasteiger partial charge on any atom is 0.239 e. The lowest BCUT2D eigenvalue weighted by atomic mass is 9.97. The molecule has 1 aliphatic rings. The fourth-order valence-corrected chi connectivity index (χ4v) is 3.84. The van der Waals surface area contributed by atoms with Gasteiger partial charge in [0.25, 0.3) is 0 Å². The fraction of sp³-hybridized carbons (Fsp3) is 0.467. The number of piperidine rings is 1. The second kappa shape index (κ2) is 5.50. The Bertz CT molecular complexity index is 581. The summed E-state index contributed by atoms with van der Waals surface area (Å²) < 4.78 is 1.25. The molecule has 1 saturated heterocycles. The van der Waals surface area contributed by atoms with E-state index in [9.17, 15) is 4.79 Å². The minimum Gasteiger partial charge on any atom is -0.341 e. The lowest BCUT2D eigenvalue weighted by Gasteiger charge is -2.32. The zero-order valence-corrected chi connectivity index (χ0v) is 12.4. The summed E-state index contributed by atoms with van der Waals surface area (Å²) in [6.45, 7) is 3.34. The Morgan fingerprint density at radius 2 is 2.10 bits per heavy atom. The molecule has 0 radical (unpaired) electrons. The fourth-order valence-electron chi connectivity index (χ4n) is 2.70. The zero-order chi connectivity index (χ0) is 14.1. The molecule has 0 bridgehead atoms. The van der Waals surface area contributed by atoms with E-state index in [2.05, 4.69) is 12.1 Å². The lowest BCUT2D eigenvalue weighted by Crippen LogP contribution is -2.45. The average Bonchev–Trinajstić information content (AvgIpc) is 2.90. The molecule has 2 aromatic rings. The molecule has 106 valence electrons. The number of carbonyl (C=O) groups excluding carboxylic acids is 1. The third-order valence-electron chi connectivity index (χ3n) is 3.86. The van der Waals surface area contributed by atoms with Gasteiger partial charge in [0.15, 0.2) is 0 Å². The summed E-state index contributed by atoms with van der Waals surface area (Å²) >= 11 is 1.78. The second-order valence-corrected chi connectivity index (χ2v) is 6.47. The third-order valence-corrected chi connectivity index (χ3v) is 5.05. The summed E-state index contributed by atoms with van der Waals surface area (Å²) in [5.41, 5.74) is 6.75. The van der Waals surface area contributed by atoms with Gasteiger partial charge in [-0.2, -0.15) is 0 Å². The highest BCUT2D eigenvalue weighted by molar-refractivity contribution is 7.18. The van der Waals surface area contributed by atoms with Gasteiger partial charge in [0.1, 0.15) is 0 Å². The van der Waals surface area contributed by atoms with Gasteiger partial charge in [0.05, 0.1) is 21.3 Å². The van der Waals surface area contributed by atoms with Crippen molar-refractivity contribution in [3.63, 3.8) is 0 Å². The van der Waals surface area contributed by atoms with Crippen molar-refractivity contribution in [2.75, 3.05) is 13.1 Å². The number of hydrogen-bond donors (Lipinski definition) is 1. The first-order valence-electron chi connectivity index (χ1n) is 7.05. The molecular weight excluding hydrogens is 270 g/mol. The van der Waals surface area contributed by atoms with E-state index < -0.39 is 6.04 Å². The van der Waals surface area contributed by atoms with E-state index in [1.807, 2.05) is 17.0 Å². The molecule has 3 rings (SSSR count). The van der Waals surface area contributed by atoms with E-state index in [-0.39, 0.29) is 5.91 Å². The van der Waals surface area contributed by atoms with Gasteiger partial charge in [-0.25, -0.2) is 4.98 Å². The molecule has 5 heteroatoms. The molecule has 1 fully saturated rings. The van der Waals surface area contributed by atoms with Crippen molar-refractivity contribution in [3.8, 4) is 0 Å². The summed E-state index contributed by atoms with van der Waals surface area (Å²) in [7, 11) is 0. The van der Waals surface area contributed by atoms with Crippen molar-refractivity contribution in [1.29, 1.82) is 0 Å². The van der Waals surface area contributed by atoms with Crippen LogP contribution >= 0.6 is 11.3 Å². The predicted molar refractivity (Wildman–Crippen MR) is 81.8 cm³/mol. The quantitative estimate of drug-likeness (QED) is 0.923. The minimum atomic E-state index is -0.394. The monoisotopic (exact) mass is 289 g/mol. The highest BCUT2D eigenvalue weighted by Gasteiger charge is 2.26. The Morgan fingerprint density at radius 1 is 1.40 bits per heavy atom. The van der Waals surface area contributed by atoms with Crippen LogP contribution in [0.4, 0.5) is 0 Å². The van der Waals surface area contributed by atoms with Gasteiger partial charge < -0.3 is 10.6 Å². The number of benzene rings is 1. The van der Waals surface area contributed by atoms with Gasteiger partial charge >= 0.3 is 0 Å². The molecule has 2 heterocycles. The van der Waals surface area contributed by atoms with E-state index in [1.165, 1.54) is 9.71 Å². The molecule has 4 nitrogen and oxygen atoms in total. The summed E-state index contributed by atoms with van der Waals surface area (Å²) in [6, 6.07) is 7.85. The number of nitrogens with zero attached hydrogens (tertiary/aromatic N) is 2. The van der Waals surface area contributed by atoms with Crippen molar-refractivity contribution in [1.82, 2.24) is 9.88 Å². The second-order valence-electron chi connectivity index (χ2n) is 5.41. The Balaban J connectivity index is 1.70. The Hall–Kier alpha value is -1.46. The van der Waals surface area contributed by atoms with E-state index in [0.717, 1.165) is 31.4 Å². The number of likely N-dealkylation sites (tertiary alicyclic amines) is 1. The summed E-state index contributed by atoms with van der Waals surface area (Å²) in [5.74, 6) is 0.539. The van der Waals surface area contributed by atoms with Crippen LogP contribution in [0, 0.1) is 0 Å². The molecule has 0 aliphatic carbocycles. The number of rotatable bonds is 2. The number of thiazole rings is 1. The largest absolute Gasteiger partial charge is 0.341 e. The predicted octanol–water partition coefficient (Wildman–Crippen LogP) is 2.35. The van der Waals surface area contributed by atoms with Gasteiger partial charge in [-0.3, -0.25) is 4.79 Å². The Kier molecular flexibility index (Phi) is 3.72. The van der Waals surface area contributed by atoms with Crippen molar-refractivity contribution in [3.05, 3.63) is 29.3 Å². The average molecular weight is 289 g/mol. The number of fused-ring (bicyclic) bond motifs is 1. The van der Waals surface area contributed by atoms with Crippen molar-refractivity contribution >= 4 is 27.5 Å². The molecule has 1 amide bonds. The summed E-state index contributed by atoms with van der Waals surface area (Å²) in [4.78, 5) is 18.5. The van der Waals surface area contributed by atoms with Crippen LogP contribution in [0.25, 0.3) is 10.2 Å². The van der Waals surface area contributed by atoms with E-state index >= 15 is 0 Å². The number of hydrogen-bond acceptors (Lipinski definition) is 4. The first kappa shape index (κ1) is 13.5. The highest BCUT2D eigenvalue weighted by Crippen LogP contribution is 2.33. The van der Waals surface area contributed by atoms with Gasteiger partial charge in [0.2, 0.25) is 5.91 Å². The molecule has 0 saturated carbocycles. The Morgan fingerprint density at radius 3 is 2.75 bits per heavy atom. The van der Waals surface area contributed by atoms with Crippen LogP contribution in [-0.2, 0) is 4.79 Å². The van der Waals surface area contributed by atoms with Gasteiger partial charge in [0, 0.05) is 19.0 Å². The molecule has 1 aliphatic heterocycles. The van der Waals surface area contributed by atoms with Gasteiger partial charge in [-0.15, -0.1) is 11.3 Å². The van der Waals surface area contributed by atoms with E-state index in [0.29, 0.717) is 5.92 Å². The summed E-state index contributed by atoms with van der Waals surface area (Å²) in [5, 5.41) is 1.21. The van der Waals surface area contributed by atoms with Crippen LogP contribution in [0.3, 0.4) is 0 Å². The summed E-state index contributed by atoms with van der Waals surface area (Å²) in [6.07, 6.45) is 1.97. The molecule has 0 spiro atoms. The van der Waals surface area contributed by atoms with Gasteiger partial charge in [-0.1, -0.05) is 12.1 Å². The van der Waals surface area contributed by atoms with E-state index in [4.69, 9.17) is 10.7 Å². The third kappa shape index (κ3) is 2.55. The first-order chi connectivity index (χ1) is 9.65. The number of para-hydroxylation sites is 1. The number of amides is 1. The van der Waals surface area contributed by atoms with Gasteiger partial charge in [-0.05, 0) is 31.9 Å². The molecule has 1 aromatic heterocycles. The SMILES string of the molecule is C[C@@H](N)C(=O)N1CCC(c2nc3ccccc3s2)CC1. The first-order valence-corrected chi connectivity index (χ1v) is 7.86. The Labute approximate surface area is 122 Å². The van der Waals surface area contributed by atoms with Crippen LogP contribution in [0.15, 0.2) is 24.3 Å². The molecular formula is C15H19N3OS. The molecule has 1 aromatic carbocycles. The topological polar surface area (TPSA) is 59.2 Å². The van der Waals surface area contributed by atoms with Crippen LogP contribution in [0.1, 0.15) is 30.7 Å². The zero-order valence-electron chi connectivity index (χ0n) is 11.6. The normalized spacial score (nSPS) is 18.4. The van der Waals surface area contributed by atoms with Crippen LogP contribution in [-0.4, -0.2) is 34.9 Å². The molecule has 0 unspecified atom stereocenters. The van der Waals surface area contributed by atoms with E-state index in [1.54, 1.807) is 18.3 Å². The van der Waals surface area contributed by atoms with Crippen LogP contribution in [0.2, 0.25) is 0 Å². The molecule has 2 N–H and O–H groups in total. The highest BCUT2D eigenvalue weighted by atomic mass is 32.1. The standard InChI is InChI=1S/C15H19N3OS/c1-10(16)15(19)18-8-6-11(7-9-18)14-17-12-4-2-3-5-13(12)20-14/h2-5,10-11H,6-9,16H2,1H3/t10-/m1/s1. The maximum atomic E-state index is 11.9. The molecule has 1 atom stereocenters. The smallest absolute Gasteiger partial charge is 0.239 e.